The van der Waals surface area contributed by atoms with E-state index in [2.05, 4.69) is 25.9 Å². The van der Waals surface area contributed by atoms with Crippen LogP contribution >= 0.6 is 0 Å². The molecule has 1 aliphatic rings. The van der Waals surface area contributed by atoms with Gasteiger partial charge in [0.15, 0.2) is 5.65 Å². The monoisotopic (exact) mass is 341 g/mol. The zero-order valence-corrected chi connectivity index (χ0v) is 13.6. The molecule has 1 aliphatic heterocycles. The first-order chi connectivity index (χ1) is 12.1. The Morgan fingerprint density at radius 3 is 3.00 bits per heavy atom. The molecule has 1 N–H and O–H groups in total. The molecule has 0 spiro atoms. The van der Waals surface area contributed by atoms with Crippen molar-refractivity contribution in [3.63, 3.8) is 0 Å². The Morgan fingerprint density at radius 1 is 1.28 bits per heavy atom. The summed E-state index contributed by atoms with van der Waals surface area (Å²) in [4.78, 5) is 14.6. The van der Waals surface area contributed by atoms with Crippen molar-refractivity contribution in [2.45, 2.75) is 25.8 Å². The number of fused-ring (bicyclic) bond motifs is 1. The van der Waals surface area contributed by atoms with Crippen molar-refractivity contribution >= 4 is 23.1 Å². The average molecular weight is 341 g/mol. The Labute approximate surface area is 142 Å². The molecular formula is C16H16FN7O. The normalized spacial score (nSPS) is 17.9. The zero-order valence-electron chi connectivity index (χ0n) is 13.6. The van der Waals surface area contributed by atoms with Gasteiger partial charge in [0.2, 0.25) is 5.91 Å². The third-order valence-electron chi connectivity index (χ3n) is 4.28. The van der Waals surface area contributed by atoms with E-state index in [1.54, 1.807) is 30.0 Å². The second kappa shape index (κ2) is 6.08. The number of carbonyl (C=O) groups is 1. The largest absolute Gasteiger partial charge is 0.357 e. The molecule has 0 bridgehead atoms. The van der Waals surface area contributed by atoms with Gasteiger partial charge in [-0.05, 0) is 66.1 Å². The molecule has 4 rings (SSSR count). The number of anilines is 2. The van der Waals surface area contributed by atoms with Gasteiger partial charge in [-0.25, -0.2) is 4.39 Å². The number of amides is 1. The average Bonchev–Trinajstić information content (AvgIpc) is 3.05. The minimum atomic E-state index is -0.403. The molecule has 128 valence electrons. The molecule has 1 fully saturated rings. The Balaban J connectivity index is 1.57. The maximum Gasteiger partial charge on any atom is 0.249 e. The van der Waals surface area contributed by atoms with E-state index in [1.165, 1.54) is 16.8 Å². The fourth-order valence-electron chi connectivity index (χ4n) is 3.08. The molecular weight excluding hydrogens is 325 g/mol. The number of hydrogen-bond acceptors (Lipinski definition) is 6. The maximum absolute atomic E-state index is 13.3. The molecule has 1 saturated heterocycles. The highest BCUT2D eigenvalue weighted by Gasteiger charge is 2.30. The number of halogens is 1. The fraction of sp³-hybridized carbons (Fsp3) is 0.312. The summed E-state index contributed by atoms with van der Waals surface area (Å²) in [5.74, 6) is 0.162. The number of hydrogen-bond donors (Lipinski definition) is 1. The molecule has 3 aromatic rings. The molecule has 0 radical (unpaired) electrons. The first kappa shape index (κ1) is 15.4. The number of tetrazole rings is 1. The number of rotatable bonds is 3. The van der Waals surface area contributed by atoms with Crippen molar-refractivity contribution < 1.29 is 9.18 Å². The highest BCUT2D eigenvalue weighted by Crippen LogP contribution is 2.26. The van der Waals surface area contributed by atoms with Crippen molar-refractivity contribution in [3.8, 4) is 0 Å². The Hall–Kier alpha value is -3.10. The van der Waals surface area contributed by atoms with Crippen LogP contribution in [0.15, 0.2) is 30.3 Å². The van der Waals surface area contributed by atoms with Gasteiger partial charge in [-0.15, -0.1) is 14.8 Å². The molecule has 9 heteroatoms. The van der Waals surface area contributed by atoms with E-state index in [9.17, 15) is 9.18 Å². The van der Waals surface area contributed by atoms with Crippen LogP contribution in [0.4, 0.5) is 15.9 Å². The van der Waals surface area contributed by atoms with Crippen LogP contribution in [-0.2, 0) is 4.79 Å². The van der Waals surface area contributed by atoms with Crippen molar-refractivity contribution in [2.24, 2.45) is 0 Å². The summed E-state index contributed by atoms with van der Waals surface area (Å²) in [6, 6.07) is 7.52. The van der Waals surface area contributed by atoms with Crippen LogP contribution < -0.4 is 10.2 Å². The number of aryl methyl sites for hydroxylation is 1. The summed E-state index contributed by atoms with van der Waals surface area (Å²) in [5, 5.41) is 18.5. The summed E-state index contributed by atoms with van der Waals surface area (Å²) >= 11 is 0. The van der Waals surface area contributed by atoms with E-state index in [-0.39, 0.29) is 11.7 Å². The number of nitrogens with zero attached hydrogens (tertiary/aromatic N) is 6. The van der Waals surface area contributed by atoms with E-state index in [1.807, 2.05) is 0 Å². The maximum atomic E-state index is 13.3. The summed E-state index contributed by atoms with van der Waals surface area (Å²) in [5.41, 5.74) is 2.01. The third kappa shape index (κ3) is 2.88. The molecule has 1 amide bonds. The van der Waals surface area contributed by atoms with Crippen LogP contribution in [0.5, 0.6) is 0 Å². The summed E-state index contributed by atoms with van der Waals surface area (Å²) in [6.45, 7) is 2.42. The van der Waals surface area contributed by atoms with E-state index in [0.717, 1.165) is 17.7 Å². The molecule has 1 unspecified atom stereocenters. The summed E-state index contributed by atoms with van der Waals surface area (Å²) < 4.78 is 14.6. The quantitative estimate of drug-likeness (QED) is 0.778. The topological polar surface area (TPSA) is 88.3 Å². The minimum absolute atomic E-state index is 0.0560. The van der Waals surface area contributed by atoms with Gasteiger partial charge in [0.1, 0.15) is 17.7 Å². The smallest absolute Gasteiger partial charge is 0.249 e. The first-order valence-corrected chi connectivity index (χ1v) is 8.01. The van der Waals surface area contributed by atoms with E-state index < -0.39 is 6.04 Å². The van der Waals surface area contributed by atoms with Crippen molar-refractivity contribution in [2.75, 3.05) is 16.8 Å². The SMILES string of the molecule is Cc1cc(F)ccc1N1CCCC(Nc2ccc3nnnn3n2)C1=O. The van der Waals surface area contributed by atoms with Crippen LogP contribution in [0.25, 0.3) is 5.65 Å². The standard InChI is InChI=1S/C16H16FN7O/c1-10-9-11(17)4-5-13(10)23-8-2-3-12(16(23)25)18-14-6-7-15-19-21-22-24(15)20-14/h4-7,9,12H,2-3,8H2,1H3,(H,18,20). The Kier molecular flexibility index (Phi) is 3.75. The highest BCUT2D eigenvalue weighted by molar-refractivity contribution is 5.99. The molecule has 0 saturated carbocycles. The highest BCUT2D eigenvalue weighted by atomic mass is 19.1. The van der Waals surface area contributed by atoms with Crippen LogP contribution in [-0.4, -0.2) is 43.7 Å². The lowest BCUT2D eigenvalue weighted by atomic mass is 10.0. The molecule has 3 heterocycles. The molecule has 0 aliphatic carbocycles. The van der Waals surface area contributed by atoms with E-state index in [0.29, 0.717) is 24.4 Å². The molecule has 2 aromatic heterocycles. The van der Waals surface area contributed by atoms with Gasteiger partial charge >= 0.3 is 0 Å². The lowest BCUT2D eigenvalue weighted by Gasteiger charge is -2.33. The van der Waals surface area contributed by atoms with Gasteiger partial charge in [0.25, 0.3) is 0 Å². The number of benzene rings is 1. The fourth-order valence-corrected chi connectivity index (χ4v) is 3.08. The van der Waals surface area contributed by atoms with Crippen LogP contribution in [0, 0.1) is 12.7 Å². The van der Waals surface area contributed by atoms with Gasteiger partial charge < -0.3 is 10.2 Å². The molecule has 1 aromatic carbocycles. The molecule has 8 nitrogen and oxygen atoms in total. The number of carbonyl (C=O) groups excluding carboxylic acids is 1. The number of aromatic nitrogens is 5. The third-order valence-corrected chi connectivity index (χ3v) is 4.28. The predicted octanol–water partition coefficient (Wildman–Crippen LogP) is 1.57. The summed E-state index contributed by atoms with van der Waals surface area (Å²) in [6.07, 6.45) is 1.54. The van der Waals surface area contributed by atoms with Gasteiger partial charge in [0.05, 0.1) is 0 Å². The van der Waals surface area contributed by atoms with Gasteiger partial charge in [-0.3, -0.25) is 4.79 Å². The molecule has 1 atom stereocenters. The second-order valence-electron chi connectivity index (χ2n) is 6.00. The van der Waals surface area contributed by atoms with Gasteiger partial charge in [0, 0.05) is 12.2 Å². The van der Waals surface area contributed by atoms with E-state index in [4.69, 9.17) is 0 Å². The second-order valence-corrected chi connectivity index (χ2v) is 6.00. The van der Waals surface area contributed by atoms with Crippen LogP contribution in [0.2, 0.25) is 0 Å². The van der Waals surface area contributed by atoms with Crippen LogP contribution in [0.3, 0.4) is 0 Å². The zero-order chi connectivity index (χ0) is 17.4. The van der Waals surface area contributed by atoms with Crippen molar-refractivity contribution in [1.29, 1.82) is 0 Å². The summed E-state index contributed by atoms with van der Waals surface area (Å²) in [7, 11) is 0. The van der Waals surface area contributed by atoms with Crippen LogP contribution in [0.1, 0.15) is 18.4 Å². The Bertz CT molecular complexity index is 941. The Morgan fingerprint density at radius 2 is 2.16 bits per heavy atom. The van der Waals surface area contributed by atoms with Crippen molar-refractivity contribution in [3.05, 3.63) is 41.7 Å². The number of nitrogens with one attached hydrogen (secondary N) is 1. The first-order valence-electron chi connectivity index (χ1n) is 8.01. The van der Waals surface area contributed by atoms with Gasteiger partial charge in [-0.2, -0.15) is 0 Å². The molecule has 25 heavy (non-hydrogen) atoms. The minimum Gasteiger partial charge on any atom is -0.357 e. The number of piperidine rings is 1. The van der Waals surface area contributed by atoms with Gasteiger partial charge in [-0.1, -0.05) is 0 Å². The predicted molar refractivity (Wildman–Crippen MR) is 88.7 cm³/mol. The van der Waals surface area contributed by atoms with Crippen molar-refractivity contribution in [1.82, 2.24) is 25.3 Å². The van der Waals surface area contributed by atoms with E-state index >= 15 is 0 Å². The lowest BCUT2D eigenvalue weighted by molar-refractivity contribution is -0.120. The lowest BCUT2D eigenvalue weighted by Crippen LogP contribution is -2.48.